The highest BCUT2D eigenvalue weighted by Crippen LogP contribution is 2.20. The van der Waals surface area contributed by atoms with Crippen LogP contribution in [0.3, 0.4) is 0 Å². The minimum atomic E-state index is -0.598. The highest BCUT2D eigenvalue weighted by molar-refractivity contribution is 6.32. The minimum Gasteiger partial charge on any atom is -0.288 e. The zero-order valence-electron chi connectivity index (χ0n) is 8.58. The Labute approximate surface area is 108 Å². The van der Waals surface area contributed by atoms with Crippen molar-refractivity contribution in [2.24, 2.45) is 0 Å². The summed E-state index contributed by atoms with van der Waals surface area (Å²) in [4.78, 5) is 12.0. The maximum Gasteiger partial charge on any atom is 0.196 e. The first kappa shape index (κ1) is 12.1. The van der Waals surface area contributed by atoms with Crippen LogP contribution in [0.4, 0.5) is 4.39 Å². The van der Waals surface area contributed by atoms with Gasteiger partial charge in [0, 0.05) is 15.6 Å². The van der Waals surface area contributed by atoms with E-state index in [1.807, 2.05) is 0 Å². The van der Waals surface area contributed by atoms with Crippen LogP contribution in [0.2, 0.25) is 10.0 Å². The summed E-state index contributed by atoms with van der Waals surface area (Å²) in [5.41, 5.74) is 0.276. The van der Waals surface area contributed by atoms with E-state index < -0.39 is 11.6 Å². The molecule has 0 saturated heterocycles. The summed E-state index contributed by atoms with van der Waals surface area (Å²) in [6.07, 6.45) is 0. The summed E-state index contributed by atoms with van der Waals surface area (Å²) in [5.74, 6) is -1.04. The molecule has 17 heavy (non-hydrogen) atoms. The van der Waals surface area contributed by atoms with E-state index in [0.29, 0.717) is 15.6 Å². The van der Waals surface area contributed by atoms with E-state index in [0.717, 1.165) is 0 Å². The van der Waals surface area contributed by atoms with Crippen LogP contribution in [-0.2, 0) is 0 Å². The molecule has 0 aliphatic carbocycles. The SMILES string of the molecule is O=C(c1cccc(Cl)c1)c1cc(Cl)ccc1F. The van der Waals surface area contributed by atoms with E-state index in [-0.39, 0.29) is 5.56 Å². The Balaban J connectivity index is 2.47. The average Bonchev–Trinajstić information content (AvgIpc) is 2.31. The molecule has 2 aromatic rings. The Morgan fingerprint density at radius 2 is 1.71 bits per heavy atom. The Morgan fingerprint density at radius 3 is 2.41 bits per heavy atom. The lowest BCUT2D eigenvalue weighted by Crippen LogP contribution is -2.04. The predicted octanol–water partition coefficient (Wildman–Crippen LogP) is 4.36. The number of carbonyl (C=O) groups excluding carboxylic acids is 1. The lowest BCUT2D eigenvalue weighted by Gasteiger charge is -2.03. The number of ketones is 1. The van der Waals surface area contributed by atoms with E-state index >= 15 is 0 Å². The molecule has 0 saturated carbocycles. The molecular formula is C13H7Cl2FO. The highest BCUT2D eigenvalue weighted by Gasteiger charge is 2.14. The number of benzene rings is 2. The van der Waals surface area contributed by atoms with Crippen LogP contribution >= 0.6 is 23.2 Å². The molecule has 0 N–H and O–H groups in total. The van der Waals surface area contributed by atoms with Gasteiger partial charge < -0.3 is 0 Å². The van der Waals surface area contributed by atoms with E-state index in [1.165, 1.54) is 24.3 Å². The minimum absolute atomic E-state index is 0.0558. The van der Waals surface area contributed by atoms with Gasteiger partial charge in [0.1, 0.15) is 5.82 Å². The maximum atomic E-state index is 13.5. The van der Waals surface area contributed by atoms with Crippen LogP contribution < -0.4 is 0 Å². The third-order valence-electron chi connectivity index (χ3n) is 2.26. The second-order valence-electron chi connectivity index (χ2n) is 3.46. The Morgan fingerprint density at radius 1 is 1.00 bits per heavy atom. The molecule has 0 fully saturated rings. The van der Waals surface area contributed by atoms with Crippen molar-refractivity contribution in [3.8, 4) is 0 Å². The van der Waals surface area contributed by atoms with E-state index in [4.69, 9.17) is 23.2 Å². The molecule has 0 amide bonds. The molecule has 0 atom stereocenters. The zero-order valence-corrected chi connectivity index (χ0v) is 10.1. The molecule has 0 aromatic heterocycles. The molecule has 4 heteroatoms. The van der Waals surface area contributed by atoms with E-state index in [9.17, 15) is 9.18 Å². The first-order valence-electron chi connectivity index (χ1n) is 4.83. The summed E-state index contributed by atoms with van der Waals surface area (Å²) in [7, 11) is 0. The topological polar surface area (TPSA) is 17.1 Å². The second kappa shape index (κ2) is 4.86. The molecule has 2 aromatic carbocycles. The van der Waals surface area contributed by atoms with Crippen LogP contribution in [0.15, 0.2) is 42.5 Å². The molecule has 0 aliphatic rings. The van der Waals surface area contributed by atoms with Crippen molar-refractivity contribution in [1.29, 1.82) is 0 Å². The molecule has 0 aliphatic heterocycles. The van der Waals surface area contributed by atoms with Gasteiger partial charge in [0.15, 0.2) is 5.78 Å². The number of carbonyl (C=O) groups is 1. The number of hydrogen-bond donors (Lipinski definition) is 0. The van der Waals surface area contributed by atoms with Gasteiger partial charge in [-0.05, 0) is 30.3 Å². The molecule has 1 nitrogen and oxygen atoms in total. The van der Waals surface area contributed by atoms with Crippen LogP contribution in [0.1, 0.15) is 15.9 Å². The van der Waals surface area contributed by atoms with Gasteiger partial charge in [-0.1, -0.05) is 35.3 Å². The van der Waals surface area contributed by atoms with Gasteiger partial charge in [0.25, 0.3) is 0 Å². The van der Waals surface area contributed by atoms with Gasteiger partial charge in [0.2, 0.25) is 0 Å². The smallest absolute Gasteiger partial charge is 0.196 e. The van der Waals surface area contributed by atoms with Crippen molar-refractivity contribution >= 4 is 29.0 Å². The van der Waals surface area contributed by atoms with Crippen molar-refractivity contribution in [3.05, 3.63) is 69.5 Å². The van der Waals surface area contributed by atoms with Gasteiger partial charge in [-0.15, -0.1) is 0 Å². The first-order valence-corrected chi connectivity index (χ1v) is 5.59. The van der Waals surface area contributed by atoms with E-state index in [1.54, 1.807) is 18.2 Å². The highest BCUT2D eigenvalue weighted by atomic mass is 35.5. The van der Waals surface area contributed by atoms with Crippen LogP contribution in [-0.4, -0.2) is 5.78 Å². The van der Waals surface area contributed by atoms with Gasteiger partial charge >= 0.3 is 0 Å². The van der Waals surface area contributed by atoms with Crippen LogP contribution in [0.5, 0.6) is 0 Å². The third kappa shape index (κ3) is 2.65. The lowest BCUT2D eigenvalue weighted by atomic mass is 10.0. The quantitative estimate of drug-likeness (QED) is 0.740. The standard InChI is InChI=1S/C13H7Cl2FO/c14-9-3-1-2-8(6-9)13(17)11-7-10(15)4-5-12(11)16/h1-7H. The first-order chi connectivity index (χ1) is 8.08. The number of rotatable bonds is 2. The molecule has 0 heterocycles. The summed E-state index contributed by atoms with van der Waals surface area (Å²) in [6, 6.07) is 10.2. The lowest BCUT2D eigenvalue weighted by molar-refractivity contribution is 0.103. The second-order valence-corrected chi connectivity index (χ2v) is 4.34. The van der Waals surface area contributed by atoms with Crippen LogP contribution in [0, 0.1) is 5.82 Å². The maximum absolute atomic E-state index is 13.5. The fraction of sp³-hybridized carbons (Fsp3) is 0. The van der Waals surface area contributed by atoms with Gasteiger partial charge in [-0.2, -0.15) is 0 Å². The molecular weight excluding hydrogens is 262 g/mol. The molecule has 86 valence electrons. The Kier molecular flexibility index (Phi) is 3.46. The monoisotopic (exact) mass is 268 g/mol. The fourth-order valence-corrected chi connectivity index (χ4v) is 1.82. The molecule has 0 radical (unpaired) electrons. The largest absolute Gasteiger partial charge is 0.288 e. The van der Waals surface area contributed by atoms with Crippen molar-refractivity contribution in [2.75, 3.05) is 0 Å². The molecule has 0 bridgehead atoms. The Hall–Kier alpha value is -1.38. The molecule has 0 unspecified atom stereocenters. The van der Waals surface area contributed by atoms with Gasteiger partial charge in [0.05, 0.1) is 5.56 Å². The summed E-state index contributed by atoms with van der Waals surface area (Å²) in [6.45, 7) is 0. The number of hydrogen-bond acceptors (Lipinski definition) is 1. The van der Waals surface area contributed by atoms with Crippen molar-refractivity contribution in [2.45, 2.75) is 0 Å². The zero-order chi connectivity index (χ0) is 12.4. The van der Waals surface area contributed by atoms with Gasteiger partial charge in [-0.25, -0.2) is 4.39 Å². The van der Waals surface area contributed by atoms with Crippen molar-refractivity contribution in [1.82, 2.24) is 0 Å². The average molecular weight is 269 g/mol. The fourth-order valence-electron chi connectivity index (χ4n) is 1.46. The predicted molar refractivity (Wildman–Crippen MR) is 66.3 cm³/mol. The third-order valence-corrected chi connectivity index (χ3v) is 2.73. The van der Waals surface area contributed by atoms with Crippen LogP contribution in [0.25, 0.3) is 0 Å². The normalized spacial score (nSPS) is 10.3. The summed E-state index contributed by atoms with van der Waals surface area (Å²) >= 11 is 11.5. The molecule has 0 spiro atoms. The molecule has 2 rings (SSSR count). The summed E-state index contributed by atoms with van der Waals surface area (Å²) in [5, 5.41) is 0.745. The Bertz CT molecular complexity index is 581. The van der Waals surface area contributed by atoms with E-state index in [2.05, 4.69) is 0 Å². The number of halogens is 3. The van der Waals surface area contributed by atoms with Crippen molar-refractivity contribution < 1.29 is 9.18 Å². The van der Waals surface area contributed by atoms with Crippen molar-refractivity contribution in [3.63, 3.8) is 0 Å². The van der Waals surface area contributed by atoms with Gasteiger partial charge in [-0.3, -0.25) is 4.79 Å². The summed E-state index contributed by atoms with van der Waals surface area (Å²) < 4.78 is 13.5.